The Morgan fingerprint density at radius 1 is 1.13 bits per heavy atom. The summed E-state index contributed by atoms with van der Waals surface area (Å²) in [7, 11) is 4.19. The Kier molecular flexibility index (Phi) is 4.32. The van der Waals surface area contributed by atoms with Gasteiger partial charge in [0.25, 0.3) is 5.56 Å². The van der Waals surface area contributed by atoms with Gasteiger partial charge in [0.05, 0.1) is 17.1 Å². The highest BCUT2D eigenvalue weighted by Crippen LogP contribution is 2.24. The minimum atomic E-state index is -0.442. The van der Waals surface area contributed by atoms with Gasteiger partial charge in [0.2, 0.25) is 0 Å². The second-order valence-corrected chi connectivity index (χ2v) is 8.14. The molecule has 0 bridgehead atoms. The predicted octanol–water partition coefficient (Wildman–Crippen LogP) is 2.60. The fourth-order valence-corrected chi connectivity index (χ4v) is 4.14. The van der Waals surface area contributed by atoms with Gasteiger partial charge in [-0.3, -0.25) is 9.20 Å². The summed E-state index contributed by atoms with van der Waals surface area (Å²) in [6.07, 6.45) is 6.43. The average molecular weight is 406 g/mol. The normalized spacial score (nSPS) is 17.0. The first kappa shape index (κ1) is 18.7. The number of nitrogens with zero attached hydrogens (tertiary/aromatic N) is 6. The van der Waals surface area contributed by atoms with E-state index in [1.165, 1.54) is 12.1 Å². The smallest absolute Gasteiger partial charge is 0.258 e. The van der Waals surface area contributed by atoms with Crippen molar-refractivity contribution in [2.24, 2.45) is 0 Å². The van der Waals surface area contributed by atoms with Crippen molar-refractivity contribution in [2.75, 3.05) is 32.1 Å². The third kappa shape index (κ3) is 3.13. The Balaban J connectivity index is 1.54. The Morgan fingerprint density at radius 2 is 1.97 bits per heavy atom. The summed E-state index contributed by atoms with van der Waals surface area (Å²) in [5, 5.41) is 0. The lowest BCUT2D eigenvalue weighted by Gasteiger charge is -2.22. The molecule has 154 valence electrons. The van der Waals surface area contributed by atoms with Gasteiger partial charge in [-0.2, -0.15) is 0 Å². The topological polar surface area (TPSA) is 58.2 Å². The van der Waals surface area contributed by atoms with Crippen molar-refractivity contribution < 1.29 is 4.39 Å². The van der Waals surface area contributed by atoms with E-state index in [1.807, 2.05) is 25.3 Å². The number of pyridine rings is 2. The number of aromatic nitrogens is 4. The molecule has 1 aliphatic rings. The second kappa shape index (κ2) is 6.91. The summed E-state index contributed by atoms with van der Waals surface area (Å²) in [6.45, 7) is 3.70. The minimum Gasteiger partial charge on any atom is -0.369 e. The molecule has 1 aliphatic heterocycles. The molecule has 8 heteroatoms. The van der Waals surface area contributed by atoms with Gasteiger partial charge in [0, 0.05) is 49.4 Å². The minimum absolute atomic E-state index is 0.192. The lowest BCUT2D eigenvalue weighted by molar-refractivity contribution is 0.315. The molecule has 0 N–H and O–H groups in total. The zero-order valence-electron chi connectivity index (χ0n) is 17.2. The average Bonchev–Trinajstić information content (AvgIpc) is 3.34. The van der Waals surface area contributed by atoms with Crippen molar-refractivity contribution >= 4 is 17.0 Å². The molecule has 7 nitrogen and oxygen atoms in total. The van der Waals surface area contributed by atoms with Crippen LogP contribution in [-0.2, 0) is 0 Å². The lowest BCUT2D eigenvalue weighted by atomic mass is 10.2. The molecule has 1 saturated heterocycles. The molecule has 0 spiro atoms. The van der Waals surface area contributed by atoms with Crippen LogP contribution in [0.4, 0.5) is 10.1 Å². The van der Waals surface area contributed by atoms with Crippen LogP contribution < -0.4 is 10.5 Å². The molecule has 0 saturated carbocycles. The first-order valence-corrected chi connectivity index (χ1v) is 9.99. The number of rotatable bonds is 3. The Bertz CT molecular complexity index is 1320. The predicted molar refractivity (Wildman–Crippen MR) is 115 cm³/mol. The summed E-state index contributed by atoms with van der Waals surface area (Å²) < 4.78 is 17.7. The van der Waals surface area contributed by atoms with Crippen LogP contribution in [0, 0.1) is 12.7 Å². The molecule has 0 aromatic carbocycles. The summed E-state index contributed by atoms with van der Waals surface area (Å²) in [4.78, 5) is 26.2. The van der Waals surface area contributed by atoms with Gasteiger partial charge >= 0.3 is 0 Å². The standard InChI is InChI=1S/C22H23FN6O/c1-14-10-28-11-15(8-18(23)22(28)24-14)19-9-21(30)29-13-17(4-5-20(29)25-19)27-7-6-16(12-27)26(2)3/h4-5,8-11,13,16H,6-7,12H2,1-3H3/t16-/m0/s1. The van der Waals surface area contributed by atoms with Crippen LogP contribution in [0.15, 0.2) is 47.7 Å². The SMILES string of the molecule is Cc1cn2cc(-c3cc(=O)n4cc(N5CC[C@H](N(C)C)C5)ccc4n3)cc(F)c2n1. The van der Waals surface area contributed by atoms with Crippen LogP contribution >= 0.6 is 0 Å². The first-order valence-electron chi connectivity index (χ1n) is 9.99. The van der Waals surface area contributed by atoms with E-state index in [2.05, 4.69) is 33.9 Å². The number of aryl methyl sites for hydroxylation is 1. The van der Waals surface area contributed by atoms with Gasteiger partial charge in [0.1, 0.15) is 5.65 Å². The zero-order valence-corrected chi connectivity index (χ0v) is 17.2. The molecule has 0 aliphatic carbocycles. The van der Waals surface area contributed by atoms with Crippen molar-refractivity contribution in [1.29, 1.82) is 0 Å². The van der Waals surface area contributed by atoms with E-state index < -0.39 is 5.82 Å². The second-order valence-electron chi connectivity index (χ2n) is 8.14. The highest BCUT2D eigenvalue weighted by atomic mass is 19.1. The van der Waals surface area contributed by atoms with E-state index in [9.17, 15) is 9.18 Å². The third-order valence-corrected chi connectivity index (χ3v) is 5.83. The van der Waals surface area contributed by atoms with Crippen molar-refractivity contribution in [2.45, 2.75) is 19.4 Å². The van der Waals surface area contributed by atoms with Gasteiger partial charge in [-0.15, -0.1) is 0 Å². The maximum Gasteiger partial charge on any atom is 0.258 e. The van der Waals surface area contributed by atoms with Gasteiger partial charge in [-0.1, -0.05) is 0 Å². The molecule has 5 rings (SSSR count). The van der Waals surface area contributed by atoms with Gasteiger partial charge in [0.15, 0.2) is 11.5 Å². The van der Waals surface area contributed by atoms with Crippen LogP contribution in [0.3, 0.4) is 0 Å². The highest BCUT2D eigenvalue weighted by molar-refractivity contribution is 5.64. The molecular weight excluding hydrogens is 383 g/mol. The number of anilines is 1. The number of halogens is 1. The van der Waals surface area contributed by atoms with E-state index >= 15 is 0 Å². The van der Waals surface area contributed by atoms with Gasteiger partial charge in [-0.05, 0) is 45.6 Å². The van der Waals surface area contributed by atoms with E-state index in [4.69, 9.17) is 0 Å². The molecule has 5 heterocycles. The van der Waals surface area contributed by atoms with Gasteiger partial charge < -0.3 is 14.2 Å². The molecule has 4 aromatic heterocycles. The quantitative estimate of drug-likeness (QED) is 0.524. The number of hydrogen-bond donors (Lipinski definition) is 0. The number of hydrogen-bond acceptors (Lipinski definition) is 5. The van der Waals surface area contributed by atoms with Crippen LogP contribution in [-0.4, -0.2) is 56.9 Å². The van der Waals surface area contributed by atoms with E-state index in [1.54, 1.807) is 21.2 Å². The largest absolute Gasteiger partial charge is 0.369 e. The van der Waals surface area contributed by atoms with Crippen molar-refractivity contribution in [3.05, 3.63) is 64.7 Å². The summed E-state index contributed by atoms with van der Waals surface area (Å²) in [6, 6.07) is 7.18. The highest BCUT2D eigenvalue weighted by Gasteiger charge is 2.24. The zero-order chi connectivity index (χ0) is 21.0. The van der Waals surface area contributed by atoms with E-state index in [0.717, 1.165) is 30.9 Å². The molecule has 0 amide bonds. The van der Waals surface area contributed by atoms with Crippen LogP contribution in [0.25, 0.3) is 22.6 Å². The van der Waals surface area contributed by atoms with Crippen molar-refractivity contribution in [3.8, 4) is 11.3 Å². The van der Waals surface area contributed by atoms with Crippen molar-refractivity contribution in [1.82, 2.24) is 23.7 Å². The molecule has 30 heavy (non-hydrogen) atoms. The molecule has 1 fully saturated rings. The maximum absolute atomic E-state index is 14.5. The number of fused-ring (bicyclic) bond motifs is 2. The van der Waals surface area contributed by atoms with E-state index in [0.29, 0.717) is 22.9 Å². The van der Waals surface area contributed by atoms with Crippen molar-refractivity contribution in [3.63, 3.8) is 0 Å². The Hall–Kier alpha value is -3.26. The van der Waals surface area contributed by atoms with E-state index in [-0.39, 0.29) is 11.2 Å². The summed E-state index contributed by atoms with van der Waals surface area (Å²) in [5.74, 6) is -0.442. The Morgan fingerprint density at radius 3 is 2.73 bits per heavy atom. The summed E-state index contributed by atoms with van der Waals surface area (Å²) in [5.41, 5.74) is 3.31. The third-order valence-electron chi connectivity index (χ3n) is 5.83. The Labute approximate surface area is 173 Å². The van der Waals surface area contributed by atoms with Crippen LogP contribution in [0.5, 0.6) is 0 Å². The summed E-state index contributed by atoms with van der Waals surface area (Å²) >= 11 is 0. The molecule has 0 unspecified atom stereocenters. The monoisotopic (exact) mass is 406 g/mol. The lowest BCUT2D eigenvalue weighted by Crippen LogP contribution is -2.31. The number of likely N-dealkylation sites (N-methyl/N-ethyl adjacent to an activating group) is 1. The fraction of sp³-hybridized carbons (Fsp3) is 0.318. The molecule has 1 atom stereocenters. The fourth-order valence-electron chi connectivity index (χ4n) is 4.14. The van der Waals surface area contributed by atoms with Crippen LogP contribution in [0.1, 0.15) is 12.1 Å². The van der Waals surface area contributed by atoms with Gasteiger partial charge in [-0.25, -0.2) is 14.4 Å². The molecule has 4 aromatic rings. The molecular formula is C22H23FN6O. The number of imidazole rings is 1. The maximum atomic E-state index is 14.5. The molecule has 0 radical (unpaired) electrons. The van der Waals surface area contributed by atoms with Crippen LogP contribution in [0.2, 0.25) is 0 Å². The first-order chi connectivity index (χ1) is 14.4.